The molecule has 8 nitrogen and oxygen atoms in total. The van der Waals surface area contributed by atoms with Crippen LogP contribution in [0.25, 0.3) is 10.8 Å². The van der Waals surface area contributed by atoms with E-state index in [9.17, 15) is 19.5 Å². The van der Waals surface area contributed by atoms with Crippen LogP contribution in [0, 0.1) is 11.8 Å². The predicted octanol–water partition coefficient (Wildman–Crippen LogP) is 3.62. The van der Waals surface area contributed by atoms with Gasteiger partial charge in [-0.2, -0.15) is 0 Å². The van der Waals surface area contributed by atoms with Gasteiger partial charge in [0.2, 0.25) is 5.91 Å². The zero-order chi connectivity index (χ0) is 27.9. The fourth-order valence-corrected chi connectivity index (χ4v) is 6.98. The summed E-state index contributed by atoms with van der Waals surface area (Å²) in [7, 11) is 0. The molecule has 2 aromatic rings. The second-order valence-corrected chi connectivity index (χ2v) is 10.9. The van der Waals surface area contributed by atoms with Gasteiger partial charge in [-0.15, -0.1) is 6.58 Å². The van der Waals surface area contributed by atoms with Gasteiger partial charge in [0.05, 0.1) is 24.2 Å². The summed E-state index contributed by atoms with van der Waals surface area (Å²) < 4.78 is 12.1. The lowest BCUT2D eigenvalue weighted by atomic mass is 9.66. The number of carbonyl (C=O) groups is 3. The van der Waals surface area contributed by atoms with E-state index in [0.29, 0.717) is 24.9 Å². The highest BCUT2D eigenvalue weighted by Crippen LogP contribution is 2.63. The largest absolute Gasteiger partial charge is 0.461 e. The minimum atomic E-state index is -1.21. The van der Waals surface area contributed by atoms with Gasteiger partial charge in [-0.1, -0.05) is 56.0 Å². The van der Waals surface area contributed by atoms with E-state index in [1.807, 2.05) is 56.3 Å². The van der Waals surface area contributed by atoms with Crippen LogP contribution in [-0.2, 0) is 23.9 Å². The maximum absolute atomic E-state index is 14.6. The maximum atomic E-state index is 14.6. The van der Waals surface area contributed by atoms with Gasteiger partial charge in [0, 0.05) is 12.2 Å². The number of carbonyl (C=O) groups excluding carboxylic acids is 3. The van der Waals surface area contributed by atoms with Crippen LogP contribution in [0.3, 0.4) is 0 Å². The Balaban J connectivity index is 1.61. The van der Waals surface area contributed by atoms with Crippen LogP contribution < -0.4 is 4.90 Å². The normalized spacial score (nSPS) is 29.8. The number of benzene rings is 2. The van der Waals surface area contributed by atoms with Crippen molar-refractivity contribution < 1.29 is 29.0 Å². The average Bonchev–Trinajstić information content (AvgIpc) is 3.51. The molecule has 3 saturated heterocycles. The molecule has 0 saturated carbocycles. The molecule has 6 atom stereocenters. The second kappa shape index (κ2) is 10.2. The third-order valence-corrected chi connectivity index (χ3v) is 8.74. The molecule has 2 aromatic carbocycles. The zero-order valence-corrected chi connectivity index (χ0v) is 22.5. The van der Waals surface area contributed by atoms with Crippen LogP contribution >= 0.6 is 0 Å². The highest BCUT2D eigenvalue weighted by molar-refractivity contribution is 6.05. The van der Waals surface area contributed by atoms with Crippen molar-refractivity contribution in [1.29, 1.82) is 0 Å². The van der Waals surface area contributed by atoms with Crippen molar-refractivity contribution in [3.8, 4) is 0 Å². The molecule has 3 aliphatic rings. The Morgan fingerprint density at radius 3 is 2.62 bits per heavy atom. The first-order valence-corrected chi connectivity index (χ1v) is 13.6. The van der Waals surface area contributed by atoms with Crippen LogP contribution in [-0.4, -0.2) is 70.8 Å². The molecule has 3 aliphatic heterocycles. The Bertz CT molecular complexity index is 1320. The van der Waals surface area contributed by atoms with Crippen molar-refractivity contribution in [2.75, 3.05) is 24.7 Å². The Hall–Kier alpha value is -3.49. The summed E-state index contributed by atoms with van der Waals surface area (Å²) in [5.74, 6) is -2.94. The Morgan fingerprint density at radius 2 is 1.95 bits per heavy atom. The van der Waals surface area contributed by atoms with Gasteiger partial charge in [-0.05, 0) is 49.1 Å². The van der Waals surface area contributed by atoms with Crippen LogP contribution in [0.5, 0.6) is 0 Å². The van der Waals surface area contributed by atoms with E-state index in [-0.39, 0.29) is 31.6 Å². The van der Waals surface area contributed by atoms with Gasteiger partial charge in [0.1, 0.15) is 24.2 Å². The fourth-order valence-electron chi connectivity index (χ4n) is 6.98. The molecule has 2 unspecified atom stereocenters. The molecular weight excluding hydrogens is 496 g/mol. The number of ether oxygens (including phenoxy) is 2. The Morgan fingerprint density at radius 1 is 1.21 bits per heavy atom. The third-order valence-electron chi connectivity index (χ3n) is 8.74. The number of nitrogens with zero attached hydrogens (tertiary/aromatic N) is 2. The molecule has 2 amide bonds. The lowest BCUT2D eigenvalue weighted by Gasteiger charge is -2.39. The van der Waals surface area contributed by atoms with E-state index in [1.165, 1.54) is 11.0 Å². The van der Waals surface area contributed by atoms with Crippen LogP contribution in [0.1, 0.15) is 33.1 Å². The monoisotopic (exact) mass is 532 g/mol. The highest BCUT2D eigenvalue weighted by Gasteiger charge is 2.79. The van der Waals surface area contributed by atoms with E-state index < -0.39 is 41.1 Å². The Labute approximate surface area is 228 Å². The van der Waals surface area contributed by atoms with Crippen molar-refractivity contribution in [3.05, 3.63) is 67.8 Å². The van der Waals surface area contributed by atoms with Crippen molar-refractivity contribution in [2.45, 2.75) is 56.4 Å². The molecule has 206 valence electrons. The minimum Gasteiger partial charge on any atom is -0.461 e. The second-order valence-electron chi connectivity index (χ2n) is 10.9. The summed E-state index contributed by atoms with van der Waals surface area (Å²) >= 11 is 0. The number of likely N-dealkylation sites (tertiary alicyclic amines) is 1. The van der Waals surface area contributed by atoms with Crippen molar-refractivity contribution in [2.24, 2.45) is 11.8 Å². The van der Waals surface area contributed by atoms with Gasteiger partial charge in [0.25, 0.3) is 5.91 Å². The number of aliphatic hydroxyl groups is 1. The quantitative estimate of drug-likeness (QED) is 0.371. The van der Waals surface area contributed by atoms with E-state index in [1.54, 1.807) is 11.0 Å². The molecule has 5 rings (SSSR count). The van der Waals surface area contributed by atoms with Crippen LogP contribution in [0.15, 0.2) is 67.8 Å². The van der Waals surface area contributed by atoms with E-state index in [0.717, 1.165) is 10.8 Å². The van der Waals surface area contributed by atoms with Gasteiger partial charge in [-0.3, -0.25) is 14.4 Å². The first-order chi connectivity index (χ1) is 18.8. The highest BCUT2D eigenvalue weighted by atomic mass is 16.6. The zero-order valence-electron chi connectivity index (χ0n) is 22.5. The van der Waals surface area contributed by atoms with Gasteiger partial charge >= 0.3 is 5.97 Å². The molecule has 0 aliphatic carbocycles. The molecule has 3 heterocycles. The lowest BCUT2D eigenvalue weighted by Crippen LogP contribution is -2.59. The molecule has 8 heteroatoms. The van der Waals surface area contributed by atoms with Crippen molar-refractivity contribution in [1.82, 2.24) is 4.90 Å². The molecule has 39 heavy (non-hydrogen) atoms. The molecule has 2 bridgehead atoms. The minimum absolute atomic E-state index is 0.0225. The van der Waals surface area contributed by atoms with Gasteiger partial charge < -0.3 is 24.4 Å². The topological polar surface area (TPSA) is 96.4 Å². The van der Waals surface area contributed by atoms with Crippen molar-refractivity contribution >= 4 is 34.2 Å². The summed E-state index contributed by atoms with van der Waals surface area (Å²) in [4.78, 5) is 45.2. The van der Waals surface area contributed by atoms with E-state index in [4.69, 9.17) is 9.47 Å². The number of esters is 1. The number of hydrogen-bond acceptors (Lipinski definition) is 6. The van der Waals surface area contributed by atoms with E-state index >= 15 is 0 Å². The van der Waals surface area contributed by atoms with Crippen LogP contribution in [0.4, 0.5) is 5.69 Å². The first kappa shape index (κ1) is 27.1. The Kier molecular flexibility index (Phi) is 7.11. The molecule has 1 spiro atoms. The summed E-state index contributed by atoms with van der Waals surface area (Å²) in [5.41, 5.74) is -1.47. The van der Waals surface area contributed by atoms with Crippen molar-refractivity contribution in [3.63, 3.8) is 0 Å². The molecule has 0 aromatic heterocycles. The predicted molar refractivity (Wildman–Crippen MR) is 148 cm³/mol. The lowest BCUT2D eigenvalue weighted by molar-refractivity contribution is -0.159. The number of hydrogen-bond donors (Lipinski definition) is 1. The standard InChI is InChI=1S/C31H36N2O6/c1-5-16-32(23-13-12-20-10-8-9-11-21(20)18-23)28(36)26-31-15-14-30(4,39-31)25(29(37)38-17-6-2)24(31)27(35)33(26)22(7-3)19-34/h5-6,8-13,18,22,24-26,34H,1-2,7,14-17,19H2,3-4H3/t22-,24-,25-,26?,30+,31?/m0/s1. The van der Waals surface area contributed by atoms with Crippen LogP contribution in [0.2, 0.25) is 0 Å². The number of fused-ring (bicyclic) bond motifs is 2. The molecule has 1 N–H and O–H groups in total. The molecule has 0 radical (unpaired) electrons. The summed E-state index contributed by atoms with van der Waals surface area (Å²) in [5, 5.41) is 12.3. The number of anilines is 1. The number of rotatable bonds is 10. The first-order valence-electron chi connectivity index (χ1n) is 13.6. The molecule has 3 fully saturated rings. The van der Waals surface area contributed by atoms with Gasteiger partial charge in [0.15, 0.2) is 0 Å². The third kappa shape index (κ3) is 4.08. The maximum Gasteiger partial charge on any atom is 0.313 e. The number of aliphatic hydroxyl groups excluding tert-OH is 1. The van der Waals surface area contributed by atoms with Gasteiger partial charge in [-0.25, -0.2) is 0 Å². The summed E-state index contributed by atoms with van der Waals surface area (Å²) in [6.45, 7) is 11.1. The number of amides is 2. The molecular formula is C31H36N2O6. The smallest absolute Gasteiger partial charge is 0.313 e. The average molecular weight is 533 g/mol. The van der Waals surface area contributed by atoms with E-state index in [2.05, 4.69) is 13.2 Å². The summed E-state index contributed by atoms with van der Waals surface area (Å²) in [6, 6.07) is 12.1. The fraction of sp³-hybridized carbons (Fsp3) is 0.452. The summed E-state index contributed by atoms with van der Waals surface area (Å²) in [6.07, 6.45) is 4.52. The SMILES string of the molecule is C=CCOC(=O)[C@@H]1[C@H]2C(=O)N([C@@H](CC)CO)C(C(=O)N(CC=C)c3ccc4ccccc4c3)C23CC[C@@]1(C)O3.